The van der Waals surface area contributed by atoms with Crippen molar-refractivity contribution in [3.8, 4) is 11.8 Å². The molecule has 0 saturated heterocycles. The first-order chi connectivity index (χ1) is 4.43. The fraction of sp³-hybridized carbons (Fsp3) is 0.167. The molecule has 1 heterocycles. The Balaban J connectivity index is 2.67. The molecule has 0 aliphatic heterocycles. The summed E-state index contributed by atoms with van der Waals surface area (Å²) in [6, 6.07) is 0. The fourth-order valence-electron chi connectivity index (χ4n) is 0.412. The molecule has 1 aromatic rings. The van der Waals surface area contributed by atoms with Crippen molar-refractivity contribution >= 4 is 11.3 Å². The minimum Gasteiger partial charge on any atom is -0.320 e. The van der Waals surface area contributed by atoms with E-state index in [1.165, 1.54) is 11.3 Å². The van der Waals surface area contributed by atoms with Crippen LogP contribution in [0.25, 0.3) is 0 Å². The third-order valence-corrected chi connectivity index (χ3v) is 1.42. The highest BCUT2D eigenvalue weighted by atomic mass is 32.1. The lowest BCUT2D eigenvalue weighted by Gasteiger charge is -1.71. The van der Waals surface area contributed by atoms with Gasteiger partial charge in [0.1, 0.15) is 0 Å². The topological polar surface area (TPSA) is 38.9 Å². The number of thiazole rings is 1. The van der Waals surface area contributed by atoms with Crippen LogP contribution in [-0.4, -0.2) is 11.5 Å². The van der Waals surface area contributed by atoms with Gasteiger partial charge in [-0.2, -0.15) is 0 Å². The van der Waals surface area contributed by atoms with Gasteiger partial charge in [-0.05, 0) is 5.92 Å². The van der Waals surface area contributed by atoms with Gasteiger partial charge in [0.2, 0.25) is 0 Å². The van der Waals surface area contributed by atoms with E-state index in [0.29, 0.717) is 6.54 Å². The summed E-state index contributed by atoms with van der Waals surface area (Å²) in [7, 11) is 0. The van der Waals surface area contributed by atoms with Gasteiger partial charge in [0, 0.05) is 11.6 Å². The lowest BCUT2D eigenvalue weighted by atomic mass is 10.6. The second kappa shape index (κ2) is 3.23. The molecule has 9 heavy (non-hydrogen) atoms. The quantitative estimate of drug-likeness (QED) is 0.529. The number of rotatable bonds is 0. The normalized spacial score (nSPS) is 8.11. The molecule has 1 rings (SSSR count). The Bertz CT molecular complexity index is 217. The molecule has 0 aromatic carbocycles. The molecule has 0 aliphatic rings. The predicted molar refractivity (Wildman–Crippen MR) is 38.0 cm³/mol. The Kier molecular flexibility index (Phi) is 2.25. The van der Waals surface area contributed by atoms with Crippen LogP contribution in [0.5, 0.6) is 0 Å². The Labute approximate surface area is 57.7 Å². The molecule has 0 atom stereocenters. The van der Waals surface area contributed by atoms with Crippen molar-refractivity contribution < 1.29 is 0 Å². The van der Waals surface area contributed by atoms with Gasteiger partial charge in [0.15, 0.2) is 5.01 Å². The van der Waals surface area contributed by atoms with E-state index in [0.717, 1.165) is 5.01 Å². The number of hydrogen-bond donors (Lipinski definition) is 1. The molecular formula is C6H6N2S. The SMILES string of the molecule is NCC#Cc1nccs1. The molecule has 0 fully saturated rings. The van der Waals surface area contributed by atoms with Gasteiger partial charge in [0.05, 0.1) is 6.54 Å². The summed E-state index contributed by atoms with van der Waals surface area (Å²) in [6.07, 6.45) is 1.73. The molecule has 0 unspecified atom stereocenters. The summed E-state index contributed by atoms with van der Waals surface area (Å²) in [5, 5.41) is 2.72. The van der Waals surface area contributed by atoms with Crippen LogP contribution in [0.1, 0.15) is 5.01 Å². The summed E-state index contributed by atoms with van der Waals surface area (Å²) >= 11 is 1.52. The van der Waals surface area contributed by atoms with Crippen molar-refractivity contribution in [2.24, 2.45) is 5.73 Å². The van der Waals surface area contributed by atoms with Crippen molar-refractivity contribution in [1.82, 2.24) is 4.98 Å². The molecule has 46 valence electrons. The molecule has 0 radical (unpaired) electrons. The molecular weight excluding hydrogens is 132 g/mol. The summed E-state index contributed by atoms with van der Waals surface area (Å²) in [5.41, 5.74) is 5.15. The van der Waals surface area contributed by atoms with E-state index in [-0.39, 0.29) is 0 Å². The van der Waals surface area contributed by atoms with Gasteiger partial charge in [-0.3, -0.25) is 0 Å². The van der Waals surface area contributed by atoms with Crippen LogP contribution in [-0.2, 0) is 0 Å². The van der Waals surface area contributed by atoms with E-state index in [9.17, 15) is 0 Å². The largest absolute Gasteiger partial charge is 0.320 e. The Hall–Kier alpha value is -0.850. The lowest BCUT2D eigenvalue weighted by molar-refractivity contribution is 1.30. The summed E-state index contributed by atoms with van der Waals surface area (Å²) in [4.78, 5) is 3.94. The third kappa shape index (κ3) is 1.84. The van der Waals surface area contributed by atoms with Crippen molar-refractivity contribution in [2.75, 3.05) is 6.54 Å². The molecule has 0 aliphatic carbocycles. The molecule has 2 N–H and O–H groups in total. The monoisotopic (exact) mass is 138 g/mol. The second-order valence-corrected chi connectivity index (χ2v) is 2.24. The number of aromatic nitrogens is 1. The predicted octanol–water partition coefficient (Wildman–Crippen LogP) is 0.453. The number of nitrogens with two attached hydrogens (primary N) is 1. The van der Waals surface area contributed by atoms with Crippen LogP contribution in [0.3, 0.4) is 0 Å². The van der Waals surface area contributed by atoms with E-state index >= 15 is 0 Å². The summed E-state index contributed by atoms with van der Waals surface area (Å²) < 4.78 is 0. The zero-order valence-corrected chi connectivity index (χ0v) is 5.61. The van der Waals surface area contributed by atoms with E-state index in [1.807, 2.05) is 5.38 Å². The van der Waals surface area contributed by atoms with Crippen LogP contribution in [0.2, 0.25) is 0 Å². The maximum atomic E-state index is 5.15. The lowest BCUT2D eigenvalue weighted by Crippen LogP contribution is -1.92. The average Bonchev–Trinajstić information content (AvgIpc) is 2.34. The molecule has 0 saturated carbocycles. The van der Waals surface area contributed by atoms with Gasteiger partial charge in [-0.25, -0.2) is 4.98 Å². The number of nitrogens with zero attached hydrogens (tertiary/aromatic N) is 1. The van der Waals surface area contributed by atoms with Crippen LogP contribution >= 0.6 is 11.3 Å². The van der Waals surface area contributed by atoms with Crippen LogP contribution in [0.15, 0.2) is 11.6 Å². The van der Waals surface area contributed by atoms with Crippen LogP contribution in [0, 0.1) is 11.8 Å². The smallest absolute Gasteiger partial charge is 0.166 e. The molecule has 2 nitrogen and oxygen atoms in total. The van der Waals surface area contributed by atoms with Crippen LogP contribution in [0.4, 0.5) is 0 Å². The van der Waals surface area contributed by atoms with E-state index in [1.54, 1.807) is 6.20 Å². The van der Waals surface area contributed by atoms with Gasteiger partial charge < -0.3 is 5.73 Å². The van der Waals surface area contributed by atoms with E-state index < -0.39 is 0 Å². The maximum absolute atomic E-state index is 5.15. The Morgan fingerprint density at radius 1 is 1.78 bits per heavy atom. The highest BCUT2D eigenvalue weighted by Gasteiger charge is 1.83. The number of hydrogen-bond acceptors (Lipinski definition) is 3. The molecule has 0 bridgehead atoms. The Morgan fingerprint density at radius 3 is 3.22 bits per heavy atom. The first-order valence-corrected chi connectivity index (χ1v) is 3.40. The fourth-order valence-corrected chi connectivity index (χ4v) is 0.915. The highest BCUT2D eigenvalue weighted by molar-refractivity contribution is 7.10. The van der Waals surface area contributed by atoms with E-state index in [2.05, 4.69) is 16.8 Å². The molecule has 3 heteroatoms. The minimum absolute atomic E-state index is 0.402. The summed E-state index contributed by atoms with van der Waals surface area (Å²) in [5.74, 6) is 5.53. The highest BCUT2D eigenvalue weighted by Crippen LogP contribution is 1.99. The summed E-state index contributed by atoms with van der Waals surface area (Å²) in [6.45, 7) is 0.402. The standard InChI is InChI=1S/C6H6N2S/c7-3-1-2-6-8-4-5-9-6/h4-5H,3,7H2. The van der Waals surface area contributed by atoms with Crippen molar-refractivity contribution in [1.29, 1.82) is 0 Å². The molecule has 0 spiro atoms. The van der Waals surface area contributed by atoms with Crippen molar-refractivity contribution in [3.63, 3.8) is 0 Å². The minimum atomic E-state index is 0.402. The zero-order chi connectivity index (χ0) is 6.53. The van der Waals surface area contributed by atoms with Gasteiger partial charge in [-0.1, -0.05) is 5.92 Å². The first kappa shape index (κ1) is 6.27. The second-order valence-electron chi connectivity index (χ2n) is 1.34. The average molecular weight is 138 g/mol. The van der Waals surface area contributed by atoms with Crippen molar-refractivity contribution in [3.05, 3.63) is 16.6 Å². The van der Waals surface area contributed by atoms with Crippen molar-refractivity contribution in [2.45, 2.75) is 0 Å². The van der Waals surface area contributed by atoms with Crippen LogP contribution < -0.4 is 5.73 Å². The molecule has 1 aromatic heterocycles. The van der Waals surface area contributed by atoms with Gasteiger partial charge >= 0.3 is 0 Å². The zero-order valence-electron chi connectivity index (χ0n) is 4.79. The van der Waals surface area contributed by atoms with E-state index in [4.69, 9.17) is 5.73 Å². The maximum Gasteiger partial charge on any atom is 0.166 e. The van der Waals surface area contributed by atoms with Gasteiger partial charge in [0.25, 0.3) is 0 Å². The Morgan fingerprint density at radius 2 is 2.67 bits per heavy atom. The third-order valence-electron chi connectivity index (χ3n) is 0.730. The van der Waals surface area contributed by atoms with Gasteiger partial charge in [-0.15, -0.1) is 11.3 Å². The first-order valence-electron chi connectivity index (χ1n) is 2.52. The molecule has 0 amide bonds.